The van der Waals surface area contributed by atoms with Gasteiger partial charge in [-0.25, -0.2) is 0 Å². The van der Waals surface area contributed by atoms with Gasteiger partial charge in [-0.1, -0.05) is 30.3 Å². The highest BCUT2D eigenvalue weighted by Crippen LogP contribution is 2.28. The molecule has 2 N–H and O–H groups in total. The fourth-order valence-corrected chi connectivity index (χ4v) is 3.61. The van der Waals surface area contributed by atoms with Crippen molar-refractivity contribution in [3.05, 3.63) is 62.7 Å². The summed E-state index contributed by atoms with van der Waals surface area (Å²) in [5.41, 5.74) is 11.3. The summed E-state index contributed by atoms with van der Waals surface area (Å²) in [4.78, 5) is 2.52. The summed E-state index contributed by atoms with van der Waals surface area (Å²) in [5.74, 6) is 0. The molecule has 0 saturated carbocycles. The van der Waals surface area contributed by atoms with Crippen LogP contribution in [0, 0.1) is 3.57 Å². The largest absolute Gasteiger partial charge is 0.398 e. The number of hydrogen-bond acceptors (Lipinski definition) is 2. The van der Waals surface area contributed by atoms with Gasteiger partial charge in [0.05, 0.1) is 0 Å². The number of rotatable bonds is 3. The van der Waals surface area contributed by atoms with Crippen molar-refractivity contribution >= 4 is 28.3 Å². The van der Waals surface area contributed by atoms with Crippen molar-refractivity contribution < 1.29 is 0 Å². The number of benzene rings is 2. The van der Waals surface area contributed by atoms with Gasteiger partial charge in [-0.3, -0.25) is 4.90 Å². The summed E-state index contributed by atoms with van der Waals surface area (Å²) < 4.78 is 1.36. The van der Waals surface area contributed by atoms with Crippen LogP contribution in [-0.4, -0.2) is 18.0 Å². The Kier molecular flexibility index (Phi) is 4.27. The SMILES string of the molecule is Nc1ccc(I)c2c1CN(CCc1ccccc1)CC2. The number of anilines is 1. The first-order valence-electron chi connectivity index (χ1n) is 7.06. The van der Waals surface area contributed by atoms with Crippen molar-refractivity contribution in [1.82, 2.24) is 4.90 Å². The first-order chi connectivity index (χ1) is 9.74. The molecule has 2 nitrogen and oxygen atoms in total. The number of fused-ring (bicyclic) bond motifs is 1. The molecule has 1 aliphatic rings. The molecule has 1 heterocycles. The highest BCUT2D eigenvalue weighted by atomic mass is 127. The van der Waals surface area contributed by atoms with Gasteiger partial charge in [0.2, 0.25) is 0 Å². The third-order valence-electron chi connectivity index (χ3n) is 4.03. The molecule has 0 fully saturated rings. The van der Waals surface area contributed by atoms with Crippen molar-refractivity contribution in [2.75, 3.05) is 18.8 Å². The van der Waals surface area contributed by atoms with E-state index in [0.29, 0.717) is 0 Å². The standard InChI is InChI=1S/C17H19IN2/c18-16-6-7-17(19)15-12-20(11-9-14(15)16)10-8-13-4-2-1-3-5-13/h1-7H,8-12,19H2. The maximum atomic E-state index is 6.15. The molecule has 0 aromatic heterocycles. The summed E-state index contributed by atoms with van der Waals surface area (Å²) in [5, 5.41) is 0. The predicted molar refractivity (Wildman–Crippen MR) is 92.7 cm³/mol. The molecule has 2 aromatic rings. The average Bonchev–Trinajstić information content (AvgIpc) is 2.50. The fraction of sp³-hybridized carbons (Fsp3) is 0.294. The van der Waals surface area contributed by atoms with Crippen LogP contribution in [0.2, 0.25) is 0 Å². The normalized spacial score (nSPS) is 15.1. The monoisotopic (exact) mass is 378 g/mol. The van der Waals surface area contributed by atoms with Crippen LogP contribution in [0.25, 0.3) is 0 Å². The molecule has 0 spiro atoms. The fourth-order valence-electron chi connectivity index (χ4n) is 2.83. The molecule has 0 bridgehead atoms. The van der Waals surface area contributed by atoms with Gasteiger partial charge in [0.1, 0.15) is 0 Å². The second-order valence-corrected chi connectivity index (χ2v) is 6.52. The molecule has 0 atom stereocenters. The molecule has 20 heavy (non-hydrogen) atoms. The quantitative estimate of drug-likeness (QED) is 0.655. The van der Waals surface area contributed by atoms with Crippen molar-refractivity contribution in [1.29, 1.82) is 0 Å². The van der Waals surface area contributed by atoms with E-state index in [1.54, 1.807) is 0 Å². The number of hydrogen-bond donors (Lipinski definition) is 1. The van der Waals surface area contributed by atoms with Gasteiger partial charge in [-0.05, 0) is 64.3 Å². The zero-order valence-electron chi connectivity index (χ0n) is 11.5. The zero-order chi connectivity index (χ0) is 13.9. The van der Waals surface area contributed by atoms with Crippen LogP contribution in [0.1, 0.15) is 16.7 Å². The van der Waals surface area contributed by atoms with Crippen LogP contribution in [0.4, 0.5) is 5.69 Å². The van der Waals surface area contributed by atoms with Crippen molar-refractivity contribution in [3.63, 3.8) is 0 Å². The number of nitrogens with zero attached hydrogens (tertiary/aromatic N) is 1. The van der Waals surface area contributed by atoms with Gasteiger partial charge >= 0.3 is 0 Å². The molecule has 0 radical (unpaired) electrons. The lowest BCUT2D eigenvalue weighted by molar-refractivity contribution is 0.257. The Morgan fingerprint density at radius 2 is 1.85 bits per heavy atom. The Morgan fingerprint density at radius 3 is 2.65 bits per heavy atom. The van der Waals surface area contributed by atoms with E-state index >= 15 is 0 Å². The van der Waals surface area contributed by atoms with Crippen LogP contribution in [0.3, 0.4) is 0 Å². The van der Waals surface area contributed by atoms with Crippen molar-refractivity contribution in [3.8, 4) is 0 Å². The molecule has 0 aliphatic carbocycles. The van der Waals surface area contributed by atoms with E-state index in [1.165, 1.54) is 20.3 Å². The summed E-state index contributed by atoms with van der Waals surface area (Å²) in [6.45, 7) is 3.23. The molecule has 0 amide bonds. The number of halogens is 1. The third kappa shape index (κ3) is 2.99. The average molecular weight is 378 g/mol. The Labute approximate surface area is 134 Å². The van der Waals surface area contributed by atoms with E-state index in [9.17, 15) is 0 Å². The van der Waals surface area contributed by atoms with Crippen LogP contribution in [0.5, 0.6) is 0 Å². The minimum atomic E-state index is 0.949. The highest BCUT2D eigenvalue weighted by molar-refractivity contribution is 14.1. The maximum absolute atomic E-state index is 6.15. The Hall–Kier alpha value is -1.07. The van der Waals surface area contributed by atoms with Gasteiger partial charge in [-0.2, -0.15) is 0 Å². The lowest BCUT2D eigenvalue weighted by Crippen LogP contribution is -2.33. The molecular weight excluding hydrogens is 359 g/mol. The molecular formula is C17H19IN2. The van der Waals surface area contributed by atoms with Gasteiger partial charge in [0.15, 0.2) is 0 Å². The zero-order valence-corrected chi connectivity index (χ0v) is 13.6. The predicted octanol–water partition coefficient (Wildman–Crippen LogP) is 3.47. The minimum Gasteiger partial charge on any atom is -0.398 e. The van der Waals surface area contributed by atoms with Crippen LogP contribution in [-0.2, 0) is 19.4 Å². The molecule has 0 unspecified atom stereocenters. The summed E-state index contributed by atoms with van der Waals surface area (Å²) in [7, 11) is 0. The van der Waals surface area contributed by atoms with Gasteiger partial charge < -0.3 is 5.73 Å². The van der Waals surface area contributed by atoms with E-state index in [0.717, 1.165) is 38.2 Å². The van der Waals surface area contributed by atoms with E-state index in [1.807, 2.05) is 6.07 Å². The lowest BCUT2D eigenvalue weighted by atomic mass is 9.98. The van der Waals surface area contributed by atoms with E-state index in [-0.39, 0.29) is 0 Å². The molecule has 3 heteroatoms. The maximum Gasteiger partial charge on any atom is 0.0363 e. The first-order valence-corrected chi connectivity index (χ1v) is 8.14. The van der Waals surface area contributed by atoms with E-state index in [2.05, 4.69) is 63.9 Å². The second-order valence-electron chi connectivity index (χ2n) is 5.36. The smallest absolute Gasteiger partial charge is 0.0363 e. The Balaban J connectivity index is 1.68. The first kappa shape index (κ1) is 13.9. The van der Waals surface area contributed by atoms with Gasteiger partial charge in [0, 0.05) is 28.9 Å². The molecule has 1 aliphatic heterocycles. The summed E-state index contributed by atoms with van der Waals surface area (Å²) >= 11 is 2.42. The number of nitrogens with two attached hydrogens (primary N) is 1. The second kappa shape index (κ2) is 6.14. The molecule has 2 aromatic carbocycles. The van der Waals surface area contributed by atoms with Crippen LogP contribution >= 0.6 is 22.6 Å². The van der Waals surface area contributed by atoms with E-state index in [4.69, 9.17) is 5.73 Å². The summed E-state index contributed by atoms with van der Waals surface area (Å²) in [6, 6.07) is 14.9. The van der Waals surface area contributed by atoms with Gasteiger partial charge in [-0.15, -0.1) is 0 Å². The minimum absolute atomic E-state index is 0.949. The molecule has 0 saturated heterocycles. The Morgan fingerprint density at radius 1 is 1.05 bits per heavy atom. The Bertz CT molecular complexity index is 595. The van der Waals surface area contributed by atoms with Crippen molar-refractivity contribution in [2.45, 2.75) is 19.4 Å². The highest BCUT2D eigenvalue weighted by Gasteiger charge is 2.19. The van der Waals surface area contributed by atoms with Crippen LogP contribution < -0.4 is 5.73 Å². The van der Waals surface area contributed by atoms with Crippen molar-refractivity contribution in [2.24, 2.45) is 0 Å². The number of nitrogen functional groups attached to an aromatic ring is 1. The molecule has 3 rings (SSSR count). The van der Waals surface area contributed by atoms with E-state index < -0.39 is 0 Å². The molecule has 104 valence electrons. The summed E-state index contributed by atoms with van der Waals surface area (Å²) in [6.07, 6.45) is 2.23. The van der Waals surface area contributed by atoms with Gasteiger partial charge in [0.25, 0.3) is 0 Å². The lowest BCUT2D eigenvalue weighted by Gasteiger charge is -2.30. The topological polar surface area (TPSA) is 29.3 Å². The third-order valence-corrected chi connectivity index (χ3v) is 5.04. The van der Waals surface area contributed by atoms with Crippen LogP contribution in [0.15, 0.2) is 42.5 Å².